The van der Waals surface area contributed by atoms with E-state index >= 15 is 0 Å². The lowest BCUT2D eigenvalue weighted by Gasteiger charge is -2.17. The van der Waals surface area contributed by atoms with Crippen molar-refractivity contribution in [3.63, 3.8) is 0 Å². The van der Waals surface area contributed by atoms with E-state index in [2.05, 4.69) is 20.6 Å². The Hall–Kier alpha value is -3.87. The van der Waals surface area contributed by atoms with Crippen LogP contribution in [0.5, 0.6) is 0 Å². The van der Waals surface area contributed by atoms with Gasteiger partial charge in [0.05, 0.1) is 24.9 Å². The average molecular weight is 601 g/mol. The van der Waals surface area contributed by atoms with E-state index in [4.69, 9.17) is 5.11 Å². The highest BCUT2D eigenvalue weighted by molar-refractivity contribution is 7.16. The number of hydrogen-bond acceptors (Lipinski definition) is 8. The first-order valence-electron chi connectivity index (χ1n) is 12.8. The lowest BCUT2D eigenvalue weighted by molar-refractivity contribution is -0.120. The monoisotopic (exact) mass is 600 g/mol. The van der Waals surface area contributed by atoms with Crippen molar-refractivity contribution in [2.75, 3.05) is 6.54 Å². The zero-order chi connectivity index (χ0) is 29.8. The van der Waals surface area contributed by atoms with Crippen molar-refractivity contribution in [1.29, 1.82) is 0 Å². The third-order valence-corrected chi connectivity index (χ3v) is 7.56. The molecule has 4 rings (SSSR count). The molecule has 2 aromatic carbocycles. The van der Waals surface area contributed by atoms with Crippen molar-refractivity contribution in [1.82, 2.24) is 20.6 Å². The molecule has 2 heterocycles. The van der Waals surface area contributed by atoms with Gasteiger partial charge in [0, 0.05) is 17.1 Å². The van der Waals surface area contributed by atoms with Gasteiger partial charge < -0.3 is 15.7 Å². The number of ketones is 1. The van der Waals surface area contributed by atoms with Gasteiger partial charge in [0.15, 0.2) is 5.01 Å². The normalized spacial score (nSPS) is 12.0. The Kier molecular flexibility index (Phi) is 12.2. The molecule has 0 bridgehead atoms. The summed E-state index contributed by atoms with van der Waals surface area (Å²) in [5.41, 5.74) is 1.36. The van der Waals surface area contributed by atoms with Gasteiger partial charge in [0.1, 0.15) is 21.5 Å². The second kappa shape index (κ2) is 15.8. The molecule has 3 N–H and O–H groups in total. The molecule has 0 radical (unpaired) electrons. The Morgan fingerprint density at radius 3 is 2.41 bits per heavy atom. The molecule has 0 fully saturated rings. The smallest absolute Gasteiger partial charge is 0.263 e. The summed E-state index contributed by atoms with van der Waals surface area (Å²) in [5.74, 6) is -2.17. The van der Waals surface area contributed by atoms with Crippen LogP contribution < -0.4 is 10.6 Å². The summed E-state index contributed by atoms with van der Waals surface area (Å²) in [6.07, 6.45) is 4.31. The summed E-state index contributed by atoms with van der Waals surface area (Å²) in [6.45, 7) is 3.37. The maximum atomic E-state index is 13.5. The summed E-state index contributed by atoms with van der Waals surface area (Å²) < 4.78 is 26.6. The number of Topliss-reactive ketones (excluding diaryl/α,β-unsaturated/α-hetero) is 1. The summed E-state index contributed by atoms with van der Waals surface area (Å²) in [5, 5.41) is 15.9. The quantitative estimate of drug-likeness (QED) is 0.207. The zero-order valence-electron chi connectivity index (χ0n) is 22.5. The van der Waals surface area contributed by atoms with Crippen molar-refractivity contribution in [3.8, 4) is 10.6 Å². The summed E-state index contributed by atoms with van der Waals surface area (Å²) >= 11 is 2.24. The SMILES string of the molecule is CCC(C)O.O=C(CNC(=O)c1cnc(-c2cccc(F)c2)s1)NC(CCc1ccc(F)cc1)C(=O)c1nccs1. The van der Waals surface area contributed by atoms with E-state index in [0.717, 1.165) is 23.3 Å². The van der Waals surface area contributed by atoms with E-state index < -0.39 is 23.7 Å². The molecule has 0 spiro atoms. The standard InChI is InChI=1S/C25H20F2N4O3S2.C4H10O/c26-17-7-4-15(5-8-17)6-9-19(22(33)25-28-10-11-35-25)31-21(32)14-29-23(34)20-13-30-24(36-20)16-2-1-3-18(27)12-16;1-3-4(2)5/h1-5,7-8,10-13,19H,6,9,14H2,(H,29,34)(H,31,32);4-5H,3H2,1-2H3. The van der Waals surface area contributed by atoms with Crippen LogP contribution in [0.4, 0.5) is 8.78 Å². The number of carbonyl (C=O) groups excluding carboxylic acids is 3. The van der Waals surface area contributed by atoms with Crippen LogP contribution in [-0.4, -0.2) is 51.4 Å². The van der Waals surface area contributed by atoms with Gasteiger partial charge in [-0.15, -0.1) is 22.7 Å². The average Bonchev–Trinajstić information content (AvgIpc) is 3.68. The van der Waals surface area contributed by atoms with E-state index in [1.165, 1.54) is 48.0 Å². The fourth-order valence-electron chi connectivity index (χ4n) is 3.35. The Bertz CT molecular complexity index is 1430. The number of carbonyl (C=O) groups is 3. The first kappa shape index (κ1) is 31.7. The summed E-state index contributed by atoms with van der Waals surface area (Å²) in [7, 11) is 0. The number of rotatable bonds is 11. The number of aliphatic hydroxyl groups excluding tert-OH is 1. The molecule has 4 aromatic rings. The van der Waals surface area contributed by atoms with Gasteiger partial charge in [-0.1, -0.05) is 31.2 Å². The third-order valence-electron chi connectivity index (χ3n) is 5.73. The number of benzene rings is 2. The minimum Gasteiger partial charge on any atom is -0.393 e. The molecule has 8 nitrogen and oxygen atoms in total. The maximum Gasteiger partial charge on any atom is 0.263 e. The van der Waals surface area contributed by atoms with Gasteiger partial charge in [-0.05, 0) is 56.0 Å². The summed E-state index contributed by atoms with van der Waals surface area (Å²) in [6, 6.07) is 10.9. The van der Waals surface area contributed by atoms with Gasteiger partial charge in [0.25, 0.3) is 5.91 Å². The summed E-state index contributed by atoms with van der Waals surface area (Å²) in [4.78, 5) is 46.4. The molecule has 2 amide bonds. The predicted molar refractivity (Wildman–Crippen MR) is 155 cm³/mol. The molecule has 41 heavy (non-hydrogen) atoms. The lowest BCUT2D eigenvalue weighted by atomic mass is 10.0. The molecule has 12 heteroatoms. The molecule has 2 aromatic heterocycles. The van der Waals surface area contributed by atoms with Crippen LogP contribution in [0.2, 0.25) is 0 Å². The van der Waals surface area contributed by atoms with Crippen LogP contribution in [0.3, 0.4) is 0 Å². The molecule has 0 aliphatic heterocycles. The number of aliphatic hydroxyl groups is 1. The van der Waals surface area contributed by atoms with Crippen molar-refractivity contribution in [3.05, 3.63) is 93.4 Å². The number of aryl methyl sites for hydroxylation is 1. The largest absolute Gasteiger partial charge is 0.393 e. The van der Waals surface area contributed by atoms with E-state index in [0.29, 0.717) is 17.0 Å². The zero-order valence-corrected chi connectivity index (χ0v) is 24.1. The molecular weight excluding hydrogens is 570 g/mol. The van der Waals surface area contributed by atoms with Gasteiger partial charge in [-0.2, -0.15) is 0 Å². The Labute approximate surface area is 244 Å². The van der Waals surface area contributed by atoms with Crippen molar-refractivity contribution in [2.24, 2.45) is 0 Å². The highest BCUT2D eigenvalue weighted by Crippen LogP contribution is 2.25. The van der Waals surface area contributed by atoms with Crippen LogP contribution >= 0.6 is 22.7 Å². The van der Waals surface area contributed by atoms with Crippen LogP contribution in [-0.2, 0) is 11.2 Å². The van der Waals surface area contributed by atoms with Gasteiger partial charge in [-0.25, -0.2) is 18.7 Å². The van der Waals surface area contributed by atoms with Crippen LogP contribution in [0.25, 0.3) is 10.6 Å². The Balaban J connectivity index is 0.000000850. The van der Waals surface area contributed by atoms with Gasteiger partial charge in [0.2, 0.25) is 11.7 Å². The number of halogens is 2. The minimum atomic E-state index is -0.867. The van der Waals surface area contributed by atoms with Crippen molar-refractivity contribution >= 4 is 40.3 Å². The third kappa shape index (κ3) is 10.2. The molecule has 216 valence electrons. The van der Waals surface area contributed by atoms with Crippen molar-refractivity contribution < 1.29 is 28.3 Å². The Morgan fingerprint density at radius 2 is 1.78 bits per heavy atom. The molecule has 2 atom stereocenters. The Morgan fingerprint density at radius 1 is 1.05 bits per heavy atom. The molecule has 0 saturated carbocycles. The van der Waals surface area contributed by atoms with Crippen LogP contribution in [0.1, 0.15) is 51.7 Å². The first-order chi connectivity index (χ1) is 19.7. The fourth-order valence-corrected chi connectivity index (χ4v) is 4.81. The topological polar surface area (TPSA) is 121 Å². The van der Waals surface area contributed by atoms with E-state index in [1.54, 1.807) is 36.6 Å². The first-order valence-corrected chi connectivity index (χ1v) is 14.5. The number of thiazole rings is 2. The minimum absolute atomic E-state index is 0.116. The van der Waals surface area contributed by atoms with E-state index in [-0.39, 0.29) is 40.6 Å². The van der Waals surface area contributed by atoms with Crippen LogP contribution in [0, 0.1) is 11.6 Å². The van der Waals surface area contributed by atoms with E-state index in [9.17, 15) is 23.2 Å². The van der Waals surface area contributed by atoms with Crippen molar-refractivity contribution in [2.45, 2.75) is 45.3 Å². The number of aromatic nitrogens is 2. The second-order valence-electron chi connectivity index (χ2n) is 8.97. The number of hydrogen-bond donors (Lipinski definition) is 3. The maximum absolute atomic E-state index is 13.5. The highest BCUT2D eigenvalue weighted by atomic mass is 32.1. The number of nitrogens with one attached hydrogen (secondary N) is 2. The predicted octanol–water partition coefficient (Wildman–Crippen LogP) is 5.05. The fraction of sp³-hybridized carbons (Fsp3) is 0.276. The van der Waals surface area contributed by atoms with Crippen LogP contribution in [0.15, 0.2) is 66.3 Å². The lowest BCUT2D eigenvalue weighted by Crippen LogP contribution is -2.45. The molecule has 0 saturated heterocycles. The molecule has 2 unspecified atom stereocenters. The second-order valence-corrected chi connectivity index (χ2v) is 10.9. The number of amides is 2. The molecule has 0 aliphatic carbocycles. The highest BCUT2D eigenvalue weighted by Gasteiger charge is 2.24. The number of nitrogens with zero attached hydrogens (tertiary/aromatic N) is 2. The van der Waals surface area contributed by atoms with E-state index in [1.807, 2.05) is 6.92 Å². The van der Waals surface area contributed by atoms with Gasteiger partial charge >= 0.3 is 0 Å². The molecular formula is C29H30F2N4O4S2. The van der Waals surface area contributed by atoms with Gasteiger partial charge in [-0.3, -0.25) is 14.4 Å². The molecule has 0 aliphatic rings.